The molecule has 0 aliphatic carbocycles. The molecular weight excluding hydrogens is 490 g/mol. The third-order valence-corrected chi connectivity index (χ3v) is 6.10. The summed E-state index contributed by atoms with van der Waals surface area (Å²) in [5, 5.41) is 12.1. The van der Waals surface area contributed by atoms with Gasteiger partial charge in [-0.15, -0.1) is 0 Å². The second-order valence-electron chi connectivity index (χ2n) is 8.58. The molecule has 2 aromatic rings. The number of hydrogen-bond acceptors (Lipinski definition) is 10. The van der Waals surface area contributed by atoms with Gasteiger partial charge in [-0.25, -0.2) is 4.79 Å². The van der Waals surface area contributed by atoms with Crippen LogP contribution < -0.4 is 24.3 Å². The summed E-state index contributed by atoms with van der Waals surface area (Å²) in [5.74, 6) is 0.479. The summed E-state index contributed by atoms with van der Waals surface area (Å²) < 4.78 is 46.4. The number of amides is 1. The number of benzene rings is 2. The van der Waals surface area contributed by atoms with Gasteiger partial charge in [0.2, 0.25) is 19.0 Å². The Labute approximate surface area is 212 Å². The van der Waals surface area contributed by atoms with Crippen molar-refractivity contribution in [3.8, 4) is 23.0 Å². The van der Waals surface area contributed by atoms with Gasteiger partial charge in [-0.1, -0.05) is 18.2 Å². The molecule has 0 radical (unpaired) electrons. The molecule has 0 saturated carbocycles. The lowest BCUT2D eigenvalue weighted by Crippen LogP contribution is -2.68. The van der Waals surface area contributed by atoms with E-state index in [9.17, 15) is 14.7 Å². The number of carbonyl (C=O) groups is 2. The van der Waals surface area contributed by atoms with Gasteiger partial charge in [0, 0.05) is 18.6 Å². The van der Waals surface area contributed by atoms with Gasteiger partial charge in [0.05, 0.1) is 13.7 Å². The van der Waals surface area contributed by atoms with Crippen molar-refractivity contribution in [2.45, 2.75) is 43.9 Å². The largest absolute Gasteiger partial charge is 0.496 e. The van der Waals surface area contributed by atoms with Crippen molar-refractivity contribution in [3.05, 3.63) is 48.0 Å². The first-order valence-electron chi connectivity index (χ1n) is 11.6. The topological polar surface area (TPSA) is 140 Å². The number of carbonyl (C=O) groups excluding carboxylic acids is 1. The second-order valence-corrected chi connectivity index (χ2v) is 8.58. The number of ether oxygens (including phenoxy) is 8. The van der Waals surface area contributed by atoms with Gasteiger partial charge in [0.15, 0.2) is 17.8 Å². The molecule has 1 amide bonds. The third-order valence-electron chi connectivity index (χ3n) is 6.10. The summed E-state index contributed by atoms with van der Waals surface area (Å²) in [4.78, 5) is 23.6. The van der Waals surface area contributed by atoms with Gasteiger partial charge in [-0.05, 0) is 18.2 Å². The number of aliphatic carboxylic acids is 1. The quantitative estimate of drug-likeness (QED) is 0.528. The normalized spacial score (nSPS) is 28.2. The van der Waals surface area contributed by atoms with E-state index in [1.807, 2.05) is 12.1 Å². The Morgan fingerprint density at radius 2 is 1.92 bits per heavy atom. The lowest BCUT2D eigenvalue weighted by Gasteiger charge is -2.49. The molecule has 0 spiro atoms. The van der Waals surface area contributed by atoms with E-state index in [1.54, 1.807) is 30.3 Å². The highest BCUT2D eigenvalue weighted by Gasteiger charge is 2.52. The molecule has 6 atom stereocenters. The minimum Gasteiger partial charge on any atom is -0.496 e. The minimum atomic E-state index is -1.17. The Hall–Kier alpha value is -3.58. The van der Waals surface area contributed by atoms with Gasteiger partial charge < -0.3 is 48.3 Å². The molecule has 37 heavy (non-hydrogen) atoms. The molecule has 0 bridgehead atoms. The average Bonchev–Trinajstić information content (AvgIpc) is 3.36. The molecule has 12 nitrogen and oxygen atoms in total. The van der Waals surface area contributed by atoms with Crippen LogP contribution in [0.2, 0.25) is 0 Å². The summed E-state index contributed by atoms with van der Waals surface area (Å²) in [7, 11) is 1.54. The van der Waals surface area contributed by atoms with Crippen LogP contribution in [0.3, 0.4) is 0 Å². The van der Waals surface area contributed by atoms with E-state index in [4.69, 9.17) is 37.9 Å². The van der Waals surface area contributed by atoms with Crippen molar-refractivity contribution < 1.29 is 52.6 Å². The second kappa shape index (κ2) is 10.8. The lowest BCUT2D eigenvalue weighted by atomic mass is 9.95. The van der Waals surface area contributed by atoms with E-state index >= 15 is 0 Å². The van der Waals surface area contributed by atoms with Gasteiger partial charge >= 0.3 is 5.97 Å². The number of para-hydroxylation sites is 1. The molecule has 3 aliphatic heterocycles. The Morgan fingerprint density at radius 1 is 1.11 bits per heavy atom. The third kappa shape index (κ3) is 5.42. The van der Waals surface area contributed by atoms with Crippen LogP contribution in [0.25, 0.3) is 0 Å². The van der Waals surface area contributed by atoms with Gasteiger partial charge in [-0.2, -0.15) is 0 Å². The highest BCUT2D eigenvalue weighted by Crippen LogP contribution is 2.40. The van der Waals surface area contributed by atoms with Crippen LogP contribution in [-0.4, -0.2) is 74.7 Å². The fourth-order valence-electron chi connectivity index (χ4n) is 4.53. The molecule has 6 unspecified atom stereocenters. The zero-order valence-electron chi connectivity index (χ0n) is 20.2. The fraction of sp³-hybridized carbons (Fsp3) is 0.440. The molecule has 3 aliphatic rings. The van der Waals surface area contributed by atoms with Crippen LogP contribution in [0, 0.1) is 0 Å². The van der Waals surface area contributed by atoms with Crippen LogP contribution in [0.5, 0.6) is 23.0 Å². The number of methoxy groups -OCH3 is 1. The molecular formula is C25H27NO11. The van der Waals surface area contributed by atoms with E-state index < -0.39 is 49.5 Å². The van der Waals surface area contributed by atoms with Crippen molar-refractivity contribution in [1.29, 1.82) is 0 Å². The molecule has 5 rings (SSSR count). The maximum Gasteiger partial charge on any atom is 0.329 e. The molecule has 3 heterocycles. The highest BCUT2D eigenvalue weighted by atomic mass is 16.8. The lowest BCUT2D eigenvalue weighted by molar-refractivity contribution is -0.338. The van der Waals surface area contributed by atoms with Crippen molar-refractivity contribution in [2.75, 3.05) is 27.1 Å². The Balaban J connectivity index is 1.43. The summed E-state index contributed by atoms with van der Waals surface area (Å²) in [6.07, 6.45) is -4.32. The maximum absolute atomic E-state index is 12.2. The number of fused-ring (bicyclic) bond motifs is 2. The number of hydrogen-bond donors (Lipinski definition) is 2. The maximum atomic E-state index is 12.2. The SMILES string of the molecule is COc1ccccc1C1OCC2OC(Oc3ccc4c(c3)OCO4)C(NC(C)=O)C(OCC(=O)O)C2O1. The van der Waals surface area contributed by atoms with E-state index in [2.05, 4.69) is 5.32 Å². The van der Waals surface area contributed by atoms with Crippen LogP contribution in [0.15, 0.2) is 42.5 Å². The smallest absolute Gasteiger partial charge is 0.329 e. The van der Waals surface area contributed by atoms with Crippen LogP contribution in [0.1, 0.15) is 18.8 Å². The standard InChI is InChI=1S/C25H27NO11/c1-13(27)26-21-23(31-11-20(28)29)22-19(10-32-24(37-22)15-5-3-4-6-16(15)30-2)36-25(21)35-14-7-8-17-18(9-14)34-12-33-17/h3-9,19,21-25H,10-12H2,1-2H3,(H,26,27)(H,28,29). The van der Waals surface area contributed by atoms with Gasteiger partial charge in [0.25, 0.3) is 0 Å². The fourth-order valence-corrected chi connectivity index (χ4v) is 4.53. The number of carboxylic acids is 1. The number of carboxylic acid groups (broad SMARTS) is 1. The number of nitrogens with one attached hydrogen (secondary N) is 1. The summed E-state index contributed by atoms with van der Waals surface area (Å²) in [6, 6.07) is 11.3. The zero-order chi connectivity index (χ0) is 25.9. The predicted molar refractivity (Wildman–Crippen MR) is 123 cm³/mol. The first-order chi connectivity index (χ1) is 17.9. The monoisotopic (exact) mass is 517 g/mol. The van der Waals surface area contributed by atoms with Crippen LogP contribution >= 0.6 is 0 Å². The Morgan fingerprint density at radius 3 is 2.70 bits per heavy atom. The molecule has 0 aromatic heterocycles. The first-order valence-corrected chi connectivity index (χ1v) is 11.6. The number of rotatable bonds is 8. The summed E-state index contributed by atoms with van der Waals surface area (Å²) in [6.45, 7) is 0.906. The Kier molecular flexibility index (Phi) is 7.33. The molecule has 12 heteroatoms. The van der Waals surface area contributed by atoms with Gasteiger partial charge in [0.1, 0.15) is 42.5 Å². The van der Waals surface area contributed by atoms with Crippen LogP contribution in [-0.2, 0) is 28.5 Å². The average molecular weight is 517 g/mol. The predicted octanol–water partition coefficient (Wildman–Crippen LogP) is 1.62. The highest BCUT2D eigenvalue weighted by molar-refractivity contribution is 5.73. The molecule has 2 N–H and O–H groups in total. The molecule has 2 fully saturated rings. The summed E-state index contributed by atoms with van der Waals surface area (Å²) >= 11 is 0. The molecule has 2 saturated heterocycles. The minimum absolute atomic E-state index is 0.0914. The van der Waals surface area contributed by atoms with Crippen molar-refractivity contribution >= 4 is 11.9 Å². The van der Waals surface area contributed by atoms with Crippen LogP contribution in [0.4, 0.5) is 0 Å². The van der Waals surface area contributed by atoms with E-state index in [0.717, 1.165) is 0 Å². The molecule has 2 aromatic carbocycles. The van der Waals surface area contributed by atoms with E-state index in [-0.39, 0.29) is 19.3 Å². The summed E-state index contributed by atoms with van der Waals surface area (Å²) in [5.41, 5.74) is 0.648. The van der Waals surface area contributed by atoms with Crippen molar-refractivity contribution in [2.24, 2.45) is 0 Å². The van der Waals surface area contributed by atoms with Crippen molar-refractivity contribution in [3.63, 3.8) is 0 Å². The van der Waals surface area contributed by atoms with Crippen molar-refractivity contribution in [1.82, 2.24) is 5.32 Å². The van der Waals surface area contributed by atoms with E-state index in [0.29, 0.717) is 28.6 Å². The first kappa shape index (κ1) is 25.1. The van der Waals surface area contributed by atoms with E-state index in [1.165, 1.54) is 14.0 Å². The molecule has 198 valence electrons. The van der Waals surface area contributed by atoms with Gasteiger partial charge in [-0.3, -0.25) is 4.79 Å². The zero-order valence-corrected chi connectivity index (χ0v) is 20.2. The Bertz CT molecular complexity index is 1140.